The number of carbonyl (C=O) groups is 2. The molecule has 0 heterocycles. The molecule has 0 saturated heterocycles. The molecule has 1 aromatic carbocycles. The molecule has 0 bridgehead atoms. The summed E-state index contributed by atoms with van der Waals surface area (Å²) in [5, 5.41) is 11.9. The molecule has 110 valence electrons. The van der Waals surface area contributed by atoms with E-state index in [1.165, 1.54) is 7.11 Å². The van der Waals surface area contributed by atoms with Gasteiger partial charge in [0.2, 0.25) is 5.91 Å². The van der Waals surface area contributed by atoms with Gasteiger partial charge in [-0.3, -0.25) is 4.79 Å². The normalized spacial score (nSPS) is 10.9. The van der Waals surface area contributed by atoms with Gasteiger partial charge in [0, 0.05) is 5.56 Å². The zero-order valence-corrected chi connectivity index (χ0v) is 12.1. The quantitative estimate of drug-likeness (QED) is 0.800. The summed E-state index contributed by atoms with van der Waals surface area (Å²) >= 11 is 0. The Morgan fingerprint density at radius 3 is 2.35 bits per heavy atom. The Kier molecular flexibility index (Phi) is 5.55. The molecule has 0 atom stereocenters. The first-order valence-corrected chi connectivity index (χ1v) is 6.65. The van der Waals surface area contributed by atoms with Crippen LogP contribution in [0.2, 0.25) is 0 Å². The van der Waals surface area contributed by atoms with Crippen LogP contribution in [0.5, 0.6) is 5.75 Å². The van der Waals surface area contributed by atoms with Crippen molar-refractivity contribution in [1.29, 1.82) is 0 Å². The van der Waals surface area contributed by atoms with Crippen molar-refractivity contribution in [3.63, 3.8) is 0 Å². The van der Waals surface area contributed by atoms with Crippen LogP contribution in [-0.2, 0) is 16.0 Å². The van der Waals surface area contributed by atoms with Gasteiger partial charge in [0.05, 0.1) is 13.5 Å². The highest BCUT2D eigenvalue weighted by Gasteiger charge is 2.36. The minimum absolute atomic E-state index is 0.0963. The lowest BCUT2D eigenvalue weighted by Crippen LogP contribution is -2.54. The summed E-state index contributed by atoms with van der Waals surface area (Å²) in [6.45, 7) is 3.50. The Balaban J connectivity index is 2.84. The molecule has 0 aliphatic carbocycles. The third-order valence-electron chi connectivity index (χ3n) is 3.54. The minimum atomic E-state index is -1.20. The molecule has 5 heteroatoms. The van der Waals surface area contributed by atoms with Crippen molar-refractivity contribution >= 4 is 11.9 Å². The number of amides is 1. The van der Waals surface area contributed by atoms with Gasteiger partial charge in [0.1, 0.15) is 11.3 Å². The molecule has 0 spiro atoms. The van der Waals surface area contributed by atoms with Gasteiger partial charge in [-0.1, -0.05) is 32.0 Å². The molecule has 0 unspecified atom stereocenters. The number of hydrogen-bond donors (Lipinski definition) is 2. The number of para-hydroxylation sites is 1. The van der Waals surface area contributed by atoms with E-state index in [4.69, 9.17) is 4.74 Å². The molecule has 5 nitrogen and oxygen atoms in total. The minimum Gasteiger partial charge on any atom is -0.496 e. The number of rotatable bonds is 7. The molecule has 0 saturated carbocycles. The standard InChI is InChI=1S/C15H21NO4/c1-4-15(5-2,14(18)19)16-13(17)10-11-8-6-7-9-12(11)20-3/h6-9H,4-5,10H2,1-3H3,(H,16,17)(H,18,19). The topological polar surface area (TPSA) is 75.6 Å². The van der Waals surface area contributed by atoms with Crippen molar-refractivity contribution in [2.24, 2.45) is 0 Å². The summed E-state index contributed by atoms with van der Waals surface area (Å²) in [4.78, 5) is 23.4. The smallest absolute Gasteiger partial charge is 0.329 e. The number of nitrogens with one attached hydrogen (secondary N) is 1. The summed E-state index contributed by atoms with van der Waals surface area (Å²) < 4.78 is 5.18. The third kappa shape index (κ3) is 3.50. The van der Waals surface area contributed by atoms with Crippen LogP contribution in [0.1, 0.15) is 32.3 Å². The molecule has 1 rings (SSSR count). The monoisotopic (exact) mass is 279 g/mol. The highest BCUT2D eigenvalue weighted by Crippen LogP contribution is 2.19. The van der Waals surface area contributed by atoms with E-state index in [2.05, 4.69) is 5.32 Å². The lowest BCUT2D eigenvalue weighted by molar-refractivity contribution is -0.148. The van der Waals surface area contributed by atoms with Crippen LogP contribution in [0.15, 0.2) is 24.3 Å². The number of ether oxygens (including phenoxy) is 1. The van der Waals surface area contributed by atoms with E-state index in [-0.39, 0.29) is 12.3 Å². The van der Waals surface area contributed by atoms with E-state index in [0.29, 0.717) is 18.6 Å². The Morgan fingerprint density at radius 2 is 1.85 bits per heavy atom. The number of carboxylic acids is 1. The number of carbonyl (C=O) groups excluding carboxylic acids is 1. The molecule has 0 fully saturated rings. The van der Waals surface area contributed by atoms with Crippen molar-refractivity contribution < 1.29 is 19.4 Å². The van der Waals surface area contributed by atoms with Crippen molar-refractivity contribution in [2.45, 2.75) is 38.6 Å². The first kappa shape index (κ1) is 16.0. The summed E-state index contributed by atoms with van der Waals surface area (Å²) in [5.41, 5.74) is -0.460. The van der Waals surface area contributed by atoms with Gasteiger partial charge in [-0.2, -0.15) is 0 Å². The van der Waals surface area contributed by atoms with Gasteiger partial charge < -0.3 is 15.2 Å². The van der Waals surface area contributed by atoms with Crippen LogP contribution in [-0.4, -0.2) is 29.6 Å². The molecule has 0 aliphatic rings. The summed E-state index contributed by atoms with van der Waals surface area (Å²) in [6, 6.07) is 7.19. The van der Waals surface area contributed by atoms with Crippen molar-refractivity contribution in [2.75, 3.05) is 7.11 Å². The van der Waals surface area contributed by atoms with Crippen LogP contribution >= 0.6 is 0 Å². The fourth-order valence-electron chi connectivity index (χ4n) is 2.12. The van der Waals surface area contributed by atoms with Gasteiger partial charge in [-0.15, -0.1) is 0 Å². The Bertz CT molecular complexity index is 481. The van der Waals surface area contributed by atoms with Crippen molar-refractivity contribution in [1.82, 2.24) is 5.32 Å². The van der Waals surface area contributed by atoms with Gasteiger partial charge >= 0.3 is 5.97 Å². The van der Waals surface area contributed by atoms with Crippen LogP contribution in [0, 0.1) is 0 Å². The van der Waals surface area contributed by atoms with Crippen molar-refractivity contribution in [3.8, 4) is 5.75 Å². The van der Waals surface area contributed by atoms with Gasteiger partial charge in [0.15, 0.2) is 0 Å². The zero-order valence-electron chi connectivity index (χ0n) is 12.1. The van der Waals surface area contributed by atoms with Crippen LogP contribution < -0.4 is 10.1 Å². The second-order valence-corrected chi connectivity index (χ2v) is 4.63. The maximum absolute atomic E-state index is 12.1. The lowest BCUT2D eigenvalue weighted by atomic mass is 9.92. The summed E-state index contributed by atoms with van der Waals surface area (Å²) in [6.07, 6.45) is 0.784. The van der Waals surface area contributed by atoms with E-state index in [1.54, 1.807) is 26.0 Å². The Hall–Kier alpha value is -2.04. The van der Waals surface area contributed by atoms with E-state index >= 15 is 0 Å². The largest absolute Gasteiger partial charge is 0.496 e. The van der Waals surface area contributed by atoms with Gasteiger partial charge in [-0.25, -0.2) is 4.79 Å². The average molecular weight is 279 g/mol. The summed E-state index contributed by atoms with van der Waals surface area (Å²) in [5.74, 6) is -0.701. The molecule has 20 heavy (non-hydrogen) atoms. The number of methoxy groups -OCH3 is 1. The molecule has 1 aromatic rings. The maximum atomic E-state index is 12.1. The second kappa shape index (κ2) is 6.93. The lowest BCUT2D eigenvalue weighted by Gasteiger charge is -2.28. The Morgan fingerprint density at radius 1 is 1.25 bits per heavy atom. The predicted molar refractivity (Wildman–Crippen MR) is 75.8 cm³/mol. The highest BCUT2D eigenvalue weighted by atomic mass is 16.5. The van der Waals surface area contributed by atoms with Crippen molar-refractivity contribution in [3.05, 3.63) is 29.8 Å². The first-order valence-electron chi connectivity index (χ1n) is 6.65. The number of hydrogen-bond acceptors (Lipinski definition) is 3. The molecular weight excluding hydrogens is 258 g/mol. The average Bonchev–Trinajstić information content (AvgIpc) is 2.45. The highest BCUT2D eigenvalue weighted by molar-refractivity contribution is 5.88. The SMILES string of the molecule is CCC(CC)(NC(=O)Cc1ccccc1OC)C(=O)O. The third-order valence-corrected chi connectivity index (χ3v) is 3.54. The van der Waals surface area contributed by atoms with E-state index in [0.717, 1.165) is 5.56 Å². The van der Waals surface area contributed by atoms with E-state index in [9.17, 15) is 14.7 Å². The molecule has 2 N–H and O–H groups in total. The fourth-order valence-corrected chi connectivity index (χ4v) is 2.12. The maximum Gasteiger partial charge on any atom is 0.329 e. The second-order valence-electron chi connectivity index (χ2n) is 4.63. The van der Waals surface area contributed by atoms with Gasteiger partial charge in [-0.05, 0) is 18.9 Å². The van der Waals surface area contributed by atoms with Crippen LogP contribution in [0.25, 0.3) is 0 Å². The zero-order chi connectivity index (χ0) is 15.2. The number of aliphatic carboxylic acids is 1. The molecule has 0 aliphatic heterocycles. The number of carboxylic acid groups (broad SMARTS) is 1. The molecular formula is C15H21NO4. The van der Waals surface area contributed by atoms with Crippen LogP contribution in [0.3, 0.4) is 0 Å². The van der Waals surface area contributed by atoms with Crippen LogP contribution in [0.4, 0.5) is 0 Å². The molecule has 0 aromatic heterocycles. The Labute approximate surface area is 118 Å². The van der Waals surface area contributed by atoms with E-state index in [1.807, 2.05) is 12.1 Å². The fraction of sp³-hybridized carbons (Fsp3) is 0.467. The summed E-state index contributed by atoms with van der Waals surface area (Å²) in [7, 11) is 1.54. The number of benzene rings is 1. The van der Waals surface area contributed by atoms with Gasteiger partial charge in [0.25, 0.3) is 0 Å². The predicted octanol–water partition coefficient (Wildman–Crippen LogP) is 2.00. The molecule has 1 amide bonds. The van der Waals surface area contributed by atoms with E-state index < -0.39 is 11.5 Å². The molecule has 0 radical (unpaired) electrons. The first-order chi connectivity index (χ1) is 9.49.